The van der Waals surface area contributed by atoms with Crippen LogP contribution in [0.2, 0.25) is 0 Å². The second-order valence-electron chi connectivity index (χ2n) is 5.18. The van der Waals surface area contributed by atoms with E-state index in [9.17, 15) is 4.79 Å². The van der Waals surface area contributed by atoms with Crippen LogP contribution in [0.3, 0.4) is 0 Å². The molecule has 122 valence electrons. The summed E-state index contributed by atoms with van der Waals surface area (Å²) < 4.78 is 10.3. The molecule has 1 saturated carbocycles. The number of thioether (sulfide) groups is 1. The van der Waals surface area contributed by atoms with E-state index in [-0.39, 0.29) is 17.1 Å². The lowest BCUT2D eigenvalue weighted by molar-refractivity contribution is -0.121. The maximum absolute atomic E-state index is 12.1. The molecule has 2 rings (SSSR count). The quantitative estimate of drug-likeness (QED) is 0.269. The molecule has 1 aliphatic carbocycles. The molecule has 1 amide bonds. The van der Waals surface area contributed by atoms with Gasteiger partial charge in [-0.2, -0.15) is 9.97 Å². The molecule has 0 saturated heterocycles. The molecule has 7 nitrogen and oxygen atoms in total. The number of carbonyl (C=O) groups is 1. The van der Waals surface area contributed by atoms with Crippen LogP contribution in [0.4, 0.5) is 0 Å². The van der Waals surface area contributed by atoms with Crippen LogP contribution >= 0.6 is 11.8 Å². The summed E-state index contributed by atoms with van der Waals surface area (Å²) in [6, 6.07) is 1.60. The van der Waals surface area contributed by atoms with Crippen molar-refractivity contribution in [2.24, 2.45) is 11.8 Å². The molecule has 3 N–H and O–H groups in total. The van der Waals surface area contributed by atoms with E-state index in [2.05, 4.69) is 15.4 Å². The van der Waals surface area contributed by atoms with Crippen LogP contribution in [0.25, 0.3) is 0 Å². The number of hydrogen-bond acceptors (Lipinski definition) is 7. The van der Waals surface area contributed by atoms with Gasteiger partial charge >= 0.3 is 0 Å². The molecule has 22 heavy (non-hydrogen) atoms. The van der Waals surface area contributed by atoms with Gasteiger partial charge in [-0.15, -0.1) is 0 Å². The number of nitrogens with zero attached hydrogens (tertiary/aromatic N) is 2. The van der Waals surface area contributed by atoms with E-state index in [0.29, 0.717) is 16.9 Å². The Hall–Kier alpha value is -1.54. The third-order valence-corrected chi connectivity index (χ3v) is 5.03. The minimum absolute atomic E-state index is 0.192. The maximum atomic E-state index is 12.1. The average Bonchev–Trinajstić information content (AvgIpc) is 2.59. The van der Waals surface area contributed by atoms with E-state index in [1.54, 1.807) is 6.07 Å². The van der Waals surface area contributed by atoms with Crippen molar-refractivity contribution in [1.82, 2.24) is 15.4 Å². The zero-order valence-corrected chi connectivity index (χ0v) is 13.7. The van der Waals surface area contributed by atoms with Gasteiger partial charge in [-0.3, -0.25) is 10.2 Å². The second-order valence-corrected chi connectivity index (χ2v) is 6.29. The van der Waals surface area contributed by atoms with Gasteiger partial charge in [0.2, 0.25) is 17.7 Å². The van der Waals surface area contributed by atoms with Crippen LogP contribution in [0.1, 0.15) is 32.1 Å². The number of rotatable bonds is 6. The molecule has 1 heterocycles. The van der Waals surface area contributed by atoms with E-state index in [0.717, 1.165) is 25.7 Å². The van der Waals surface area contributed by atoms with E-state index in [4.69, 9.17) is 15.3 Å². The standard InChI is InChI=1S/C14H22N4O3S/c1-20-10-8-11(21-2)17-14(16-10)22-12(13(19)18-15)9-6-4-3-5-7-9/h8-9,12H,3-7,15H2,1-2H3,(H,18,19). The number of amides is 1. The Balaban J connectivity index is 2.20. The highest BCUT2D eigenvalue weighted by molar-refractivity contribution is 8.00. The fourth-order valence-electron chi connectivity index (χ4n) is 2.64. The van der Waals surface area contributed by atoms with Gasteiger partial charge in [0.1, 0.15) is 0 Å². The predicted octanol–water partition coefficient (Wildman–Crippen LogP) is 1.52. The van der Waals surface area contributed by atoms with Crippen molar-refractivity contribution < 1.29 is 14.3 Å². The molecule has 8 heteroatoms. The van der Waals surface area contributed by atoms with Crippen LogP contribution in [-0.4, -0.2) is 35.3 Å². The third kappa shape index (κ3) is 4.23. The lowest BCUT2D eigenvalue weighted by Gasteiger charge is -2.27. The zero-order chi connectivity index (χ0) is 15.9. The summed E-state index contributed by atoms with van der Waals surface area (Å²) in [5.74, 6) is 6.25. The van der Waals surface area contributed by atoms with Crippen molar-refractivity contribution in [3.63, 3.8) is 0 Å². The highest BCUT2D eigenvalue weighted by Gasteiger charge is 2.31. The first-order chi connectivity index (χ1) is 10.7. The van der Waals surface area contributed by atoms with Crippen LogP contribution < -0.4 is 20.7 Å². The Morgan fingerprint density at radius 2 is 1.86 bits per heavy atom. The first-order valence-electron chi connectivity index (χ1n) is 7.32. The minimum Gasteiger partial charge on any atom is -0.481 e. The molecule has 1 aromatic rings. The summed E-state index contributed by atoms with van der Waals surface area (Å²) in [4.78, 5) is 20.7. The summed E-state index contributed by atoms with van der Waals surface area (Å²) in [6.45, 7) is 0. The Labute approximate surface area is 134 Å². The Bertz CT molecular complexity index is 487. The van der Waals surface area contributed by atoms with Gasteiger partial charge in [-0.05, 0) is 18.8 Å². The SMILES string of the molecule is COc1cc(OC)nc(SC(C(=O)NN)C2CCCCC2)n1. The van der Waals surface area contributed by atoms with Gasteiger partial charge in [-0.25, -0.2) is 5.84 Å². The largest absolute Gasteiger partial charge is 0.481 e. The molecule has 0 radical (unpaired) electrons. The lowest BCUT2D eigenvalue weighted by Crippen LogP contribution is -2.41. The molecule has 0 spiro atoms. The van der Waals surface area contributed by atoms with Gasteiger partial charge in [-0.1, -0.05) is 31.0 Å². The maximum Gasteiger partial charge on any atom is 0.247 e. The average molecular weight is 326 g/mol. The van der Waals surface area contributed by atoms with E-state index in [1.165, 1.54) is 32.4 Å². The highest BCUT2D eigenvalue weighted by Crippen LogP contribution is 2.36. The summed E-state index contributed by atoms with van der Waals surface area (Å²) in [7, 11) is 3.06. The molecule has 0 aromatic carbocycles. The van der Waals surface area contributed by atoms with Gasteiger partial charge < -0.3 is 9.47 Å². The van der Waals surface area contributed by atoms with Gasteiger partial charge in [0.15, 0.2) is 5.16 Å². The minimum atomic E-state index is -0.304. The topological polar surface area (TPSA) is 99.4 Å². The number of nitrogens with one attached hydrogen (secondary N) is 1. The van der Waals surface area contributed by atoms with Crippen molar-refractivity contribution >= 4 is 17.7 Å². The molecule has 1 atom stereocenters. The van der Waals surface area contributed by atoms with E-state index >= 15 is 0 Å². The summed E-state index contributed by atoms with van der Waals surface area (Å²) >= 11 is 1.31. The summed E-state index contributed by atoms with van der Waals surface area (Å²) in [6.07, 6.45) is 5.55. The molecule has 1 unspecified atom stereocenters. The van der Waals surface area contributed by atoms with Crippen LogP contribution in [0.5, 0.6) is 11.8 Å². The fraction of sp³-hybridized carbons (Fsp3) is 0.643. The number of aromatic nitrogens is 2. The number of methoxy groups -OCH3 is 2. The number of ether oxygens (including phenoxy) is 2. The van der Waals surface area contributed by atoms with Crippen molar-refractivity contribution in [1.29, 1.82) is 0 Å². The number of hydrogen-bond donors (Lipinski definition) is 2. The molecular formula is C14H22N4O3S. The van der Waals surface area contributed by atoms with Crippen LogP contribution in [-0.2, 0) is 4.79 Å². The van der Waals surface area contributed by atoms with Crippen LogP contribution in [0.15, 0.2) is 11.2 Å². The number of carbonyl (C=O) groups excluding carboxylic acids is 1. The third-order valence-electron chi connectivity index (χ3n) is 3.79. The Morgan fingerprint density at radius 1 is 1.27 bits per heavy atom. The van der Waals surface area contributed by atoms with Gasteiger partial charge in [0.05, 0.1) is 25.5 Å². The highest BCUT2D eigenvalue weighted by atomic mass is 32.2. The Kier molecular flexibility index (Phi) is 6.26. The zero-order valence-electron chi connectivity index (χ0n) is 12.9. The van der Waals surface area contributed by atoms with Crippen molar-refractivity contribution in [3.05, 3.63) is 6.07 Å². The molecular weight excluding hydrogens is 304 g/mol. The van der Waals surface area contributed by atoms with Crippen molar-refractivity contribution in [2.45, 2.75) is 42.5 Å². The van der Waals surface area contributed by atoms with Gasteiger partial charge in [0, 0.05) is 0 Å². The molecule has 1 fully saturated rings. The van der Waals surface area contributed by atoms with Gasteiger partial charge in [0.25, 0.3) is 0 Å². The first kappa shape index (κ1) is 16.8. The van der Waals surface area contributed by atoms with Crippen molar-refractivity contribution in [2.75, 3.05) is 14.2 Å². The monoisotopic (exact) mass is 326 g/mol. The molecule has 0 aliphatic heterocycles. The second kappa shape index (κ2) is 8.19. The normalized spacial score (nSPS) is 16.9. The smallest absolute Gasteiger partial charge is 0.247 e. The summed E-state index contributed by atoms with van der Waals surface area (Å²) in [5.41, 5.74) is 2.26. The summed E-state index contributed by atoms with van der Waals surface area (Å²) in [5, 5.41) is 0.150. The van der Waals surface area contributed by atoms with Crippen molar-refractivity contribution in [3.8, 4) is 11.8 Å². The number of nitrogens with two attached hydrogens (primary N) is 1. The fourth-order valence-corrected chi connectivity index (χ4v) is 3.79. The Morgan fingerprint density at radius 3 is 2.36 bits per heavy atom. The first-order valence-corrected chi connectivity index (χ1v) is 8.20. The lowest BCUT2D eigenvalue weighted by atomic mass is 9.86. The van der Waals surface area contributed by atoms with E-state index in [1.807, 2.05) is 0 Å². The molecule has 1 aromatic heterocycles. The van der Waals surface area contributed by atoms with E-state index < -0.39 is 0 Å². The molecule has 1 aliphatic rings. The number of hydrazine groups is 1. The van der Waals surface area contributed by atoms with Crippen LogP contribution in [0, 0.1) is 5.92 Å². The predicted molar refractivity (Wildman–Crippen MR) is 83.7 cm³/mol. The molecule has 0 bridgehead atoms.